The molecule has 0 radical (unpaired) electrons. The van der Waals surface area contributed by atoms with Crippen molar-refractivity contribution in [2.75, 3.05) is 20.1 Å². The third kappa shape index (κ3) is 4.64. The molecule has 1 aliphatic heterocycles. The summed E-state index contributed by atoms with van der Waals surface area (Å²) in [6, 6.07) is 2.56. The molecule has 1 aromatic heterocycles. The number of carbonyl (C=O) groups is 2. The minimum atomic E-state index is -3.74. The van der Waals surface area contributed by atoms with Crippen molar-refractivity contribution in [1.82, 2.24) is 14.9 Å². The molecule has 0 saturated carbocycles. The number of nitrogens with zero attached hydrogens (tertiary/aromatic N) is 1. The highest BCUT2D eigenvalue weighted by molar-refractivity contribution is 7.89. The molecule has 2 heterocycles. The Morgan fingerprint density at radius 3 is 2.69 bits per heavy atom. The SMILES string of the molecule is CCCCNC(=O)C1CCC(C)N(C(=O)c2ccc(S(=O)(=O)NC)o2)C1. The average Bonchev–Trinajstić information content (AvgIpc) is 3.12. The lowest BCUT2D eigenvalue weighted by molar-refractivity contribution is -0.126. The molecule has 2 N–H and O–H groups in total. The molecule has 2 unspecified atom stereocenters. The Bertz CT molecular complexity index is 743. The number of piperidine rings is 1. The summed E-state index contributed by atoms with van der Waals surface area (Å²) in [4.78, 5) is 26.6. The van der Waals surface area contributed by atoms with Gasteiger partial charge in [0, 0.05) is 19.1 Å². The fourth-order valence-corrected chi connectivity index (χ4v) is 3.61. The Hall–Kier alpha value is -1.87. The van der Waals surface area contributed by atoms with Gasteiger partial charge in [-0.1, -0.05) is 13.3 Å². The number of amides is 2. The molecular formula is C17H27N3O5S. The lowest BCUT2D eigenvalue weighted by atomic mass is 9.92. The Morgan fingerprint density at radius 2 is 2.04 bits per heavy atom. The van der Waals surface area contributed by atoms with Crippen molar-refractivity contribution >= 4 is 21.8 Å². The predicted octanol–water partition coefficient (Wildman–Crippen LogP) is 1.34. The molecule has 1 saturated heterocycles. The van der Waals surface area contributed by atoms with Crippen molar-refractivity contribution in [3.05, 3.63) is 17.9 Å². The summed E-state index contributed by atoms with van der Waals surface area (Å²) in [6.45, 7) is 4.91. The van der Waals surface area contributed by atoms with E-state index in [1.54, 1.807) is 4.90 Å². The highest BCUT2D eigenvalue weighted by Gasteiger charge is 2.34. The highest BCUT2D eigenvalue weighted by atomic mass is 32.2. The molecule has 1 aromatic rings. The largest absolute Gasteiger partial charge is 0.438 e. The number of sulfonamides is 1. The summed E-state index contributed by atoms with van der Waals surface area (Å²) >= 11 is 0. The first-order valence-corrected chi connectivity index (χ1v) is 10.4. The lowest BCUT2D eigenvalue weighted by Gasteiger charge is -2.36. The van der Waals surface area contributed by atoms with Gasteiger partial charge in [0.25, 0.3) is 15.9 Å². The smallest absolute Gasteiger partial charge is 0.289 e. The minimum Gasteiger partial charge on any atom is -0.438 e. The van der Waals surface area contributed by atoms with Gasteiger partial charge in [-0.15, -0.1) is 0 Å². The number of nitrogens with one attached hydrogen (secondary N) is 2. The van der Waals surface area contributed by atoms with E-state index in [2.05, 4.69) is 17.0 Å². The van der Waals surface area contributed by atoms with Gasteiger partial charge in [0.05, 0.1) is 5.92 Å². The molecule has 0 bridgehead atoms. The number of furan rings is 1. The number of unbranched alkanes of at least 4 members (excludes halogenated alkanes) is 1. The van der Waals surface area contributed by atoms with Gasteiger partial charge in [0.15, 0.2) is 5.76 Å². The van der Waals surface area contributed by atoms with Gasteiger partial charge >= 0.3 is 0 Å². The van der Waals surface area contributed by atoms with E-state index >= 15 is 0 Å². The first-order chi connectivity index (χ1) is 12.3. The third-order valence-electron chi connectivity index (χ3n) is 4.67. The fourth-order valence-electron chi connectivity index (χ4n) is 2.96. The molecule has 0 spiro atoms. The number of rotatable bonds is 7. The second-order valence-corrected chi connectivity index (χ2v) is 8.37. The van der Waals surface area contributed by atoms with Crippen LogP contribution in [0.5, 0.6) is 0 Å². The highest BCUT2D eigenvalue weighted by Crippen LogP contribution is 2.25. The van der Waals surface area contributed by atoms with Gasteiger partial charge in [-0.3, -0.25) is 9.59 Å². The Morgan fingerprint density at radius 1 is 1.31 bits per heavy atom. The maximum atomic E-state index is 12.8. The summed E-state index contributed by atoms with van der Waals surface area (Å²) < 4.78 is 30.9. The predicted molar refractivity (Wildman–Crippen MR) is 96.1 cm³/mol. The van der Waals surface area contributed by atoms with Gasteiger partial charge < -0.3 is 14.6 Å². The van der Waals surface area contributed by atoms with Crippen LogP contribution in [-0.4, -0.2) is 51.3 Å². The fraction of sp³-hybridized carbons (Fsp3) is 0.647. The maximum absolute atomic E-state index is 12.8. The second kappa shape index (κ2) is 8.68. The third-order valence-corrected chi connectivity index (χ3v) is 5.96. The van der Waals surface area contributed by atoms with Crippen molar-refractivity contribution < 1.29 is 22.4 Å². The quantitative estimate of drug-likeness (QED) is 0.689. The molecule has 0 aliphatic carbocycles. The van der Waals surface area contributed by atoms with E-state index in [1.807, 2.05) is 6.92 Å². The number of carbonyl (C=O) groups excluding carboxylic acids is 2. The van der Waals surface area contributed by atoms with Gasteiger partial charge in [-0.25, -0.2) is 13.1 Å². The van der Waals surface area contributed by atoms with E-state index < -0.39 is 15.9 Å². The molecule has 1 fully saturated rings. The average molecular weight is 385 g/mol. The Labute approximate surface area is 154 Å². The van der Waals surface area contributed by atoms with Crippen molar-refractivity contribution in [2.24, 2.45) is 5.92 Å². The topological polar surface area (TPSA) is 109 Å². The van der Waals surface area contributed by atoms with E-state index in [4.69, 9.17) is 4.42 Å². The maximum Gasteiger partial charge on any atom is 0.289 e. The first kappa shape index (κ1) is 20.4. The molecule has 26 heavy (non-hydrogen) atoms. The van der Waals surface area contributed by atoms with Crippen molar-refractivity contribution in [1.29, 1.82) is 0 Å². The molecule has 9 heteroatoms. The molecule has 8 nitrogen and oxygen atoms in total. The summed E-state index contributed by atoms with van der Waals surface area (Å²) in [5.74, 6) is -0.748. The summed E-state index contributed by atoms with van der Waals surface area (Å²) in [5.41, 5.74) is 0. The molecular weight excluding hydrogens is 358 g/mol. The van der Waals surface area contributed by atoms with Gasteiger partial charge in [-0.2, -0.15) is 0 Å². The van der Waals surface area contributed by atoms with Crippen molar-refractivity contribution in [2.45, 2.75) is 50.7 Å². The molecule has 146 valence electrons. The van der Waals surface area contributed by atoms with Crippen LogP contribution in [0.4, 0.5) is 0 Å². The standard InChI is InChI=1S/C17H27N3O5S/c1-4-5-10-19-16(21)13-7-6-12(2)20(11-13)17(22)14-8-9-15(25-14)26(23,24)18-3/h8-9,12-13,18H,4-7,10-11H2,1-3H3,(H,19,21). The zero-order valence-electron chi connectivity index (χ0n) is 15.4. The lowest BCUT2D eigenvalue weighted by Crippen LogP contribution is -2.49. The summed E-state index contributed by atoms with van der Waals surface area (Å²) in [5, 5.41) is 2.61. The van der Waals surface area contributed by atoms with E-state index in [0.717, 1.165) is 19.3 Å². The van der Waals surface area contributed by atoms with E-state index in [9.17, 15) is 18.0 Å². The van der Waals surface area contributed by atoms with Crippen LogP contribution in [0.15, 0.2) is 21.6 Å². The number of hydrogen-bond acceptors (Lipinski definition) is 5. The monoisotopic (exact) mass is 385 g/mol. The molecule has 2 rings (SSSR count). The van der Waals surface area contributed by atoms with Crippen LogP contribution in [0.25, 0.3) is 0 Å². The molecule has 2 amide bonds. The van der Waals surface area contributed by atoms with Crippen LogP contribution < -0.4 is 10.0 Å². The minimum absolute atomic E-state index is 0.0407. The van der Waals surface area contributed by atoms with Gasteiger partial charge in [0.2, 0.25) is 11.0 Å². The van der Waals surface area contributed by atoms with E-state index in [0.29, 0.717) is 19.5 Å². The Balaban J connectivity index is 2.08. The van der Waals surface area contributed by atoms with Crippen molar-refractivity contribution in [3.63, 3.8) is 0 Å². The van der Waals surface area contributed by atoms with Gasteiger partial charge in [-0.05, 0) is 45.4 Å². The van der Waals surface area contributed by atoms with Crippen LogP contribution >= 0.6 is 0 Å². The normalized spacial score (nSPS) is 20.8. The zero-order chi connectivity index (χ0) is 19.3. The first-order valence-electron chi connectivity index (χ1n) is 8.92. The summed E-state index contributed by atoms with van der Waals surface area (Å²) in [6.07, 6.45) is 3.36. The van der Waals surface area contributed by atoms with Crippen LogP contribution in [0.2, 0.25) is 0 Å². The van der Waals surface area contributed by atoms with Crippen molar-refractivity contribution in [3.8, 4) is 0 Å². The molecule has 2 atom stereocenters. The van der Waals surface area contributed by atoms with Crippen LogP contribution in [0.1, 0.15) is 50.1 Å². The van der Waals surface area contributed by atoms with Crippen LogP contribution in [-0.2, 0) is 14.8 Å². The van der Waals surface area contributed by atoms with Gasteiger partial charge in [0.1, 0.15) is 0 Å². The Kier molecular flexibility index (Phi) is 6.82. The number of likely N-dealkylation sites (tertiary alicyclic amines) is 1. The number of hydrogen-bond donors (Lipinski definition) is 2. The summed E-state index contributed by atoms with van der Waals surface area (Å²) in [7, 11) is -2.47. The van der Waals surface area contributed by atoms with E-state index in [-0.39, 0.29) is 28.7 Å². The van der Waals surface area contributed by atoms with Crippen LogP contribution in [0, 0.1) is 5.92 Å². The molecule has 1 aliphatic rings. The second-order valence-electron chi connectivity index (χ2n) is 6.55. The van der Waals surface area contributed by atoms with Crippen LogP contribution in [0.3, 0.4) is 0 Å². The molecule has 0 aromatic carbocycles. The zero-order valence-corrected chi connectivity index (χ0v) is 16.3. The van der Waals surface area contributed by atoms with E-state index in [1.165, 1.54) is 19.2 Å².